The Hall–Kier alpha value is -2.24. The van der Waals surface area contributed by atoms with Crippen molar-refractivity contribution in [1.82, 2.24) is 15.5 Å². The van der Waals surface area contributed by atoms with Crippen LogP contribution in [0.3, 0.4) is 0 Å². The predicted molar refractivity (Wildman–Crippen MR) is 90.9 cm³/mol. The van der Waals surface area contributed by atoms with Gasteiger partial charge in [-0.05, 0) is 37.8 Å². The molecule has 1 aliphatic heterocycles. The number of rotatable bonds is 5. The monoisotopic (exact) mass is 331 g/mol. The van der Waals surface area contributed by atoms with Gasteiger partial charge in [-0.25, -0.2) is 4.79 Å². The Bertz CT molecular complexity index is 614. The molecule has 1 heterocycles. The molecule has 6 heteroatoms. The van der Waals surface area contributed by atoms with E-state index in [9.17, 15) is 9.59 Å². The number of hydrogen-bond acceptors (Lipinski definition) is 3. The summed E-state index contributed by atoms with van der Waals surface area (Å²) >= 11 is 0. The molecule has 0 unspecified atom stereocenters. The minimum Gasteiger partial charge on any atom is -0.491 e. The van der Waals surface area contributed by atoms with Gasteiger partial charge in [0.15, 0.2) is 0 Å². The topological polar surface area (TPSA) is 70.7 Å². The van der Waals surface area contributed by atoms with Gasteiger partial charge in [0.1, 0.15) is 12.4 Å². The van der Waals surface area contributed by atoms with Crippen LogP contribution in [0.5, 0.6) is 5.75 Å². The van der Waals surface area contributed by atoms with Crippen LogP contribution in [-0.2, 0) is 17.8 Å². The van der Waals surface area contributed by atoms with E-state index in [0.717, 1.165) is 29.7 Å². The van der Waals surface area contributed by atoms with Gasteiger partial charge in [0, 0.05) is 24.6 Å². The normalized spacial score (nSPS) is 16.6. The third-order valence-electron chi connectivity index (χ3n) is 4.30. The van der Waals surface area contributed by atoms with E-state index in [4.69, 9.17) is 4.74 Å². The summed E-state index contributed by atoms with van der Waals surface area (Å²) < 4.78 is 5.75. The van der Waals surface area contributed by atoms with Gasteiger partial charge in [0.05, 0.1) is 13.1 Å². The number of nitrogens with zero attached hydrogens (tertiary/aromatic N) is 1. The Morgan fingerprint density at radius 2 is 2.17 bits per heavy atom. The molecule has 0 aromatic heterocycles. The van der Waals surface area contributed by atoms with Crippen molar-refractivity contribution in [2.75, 3.05) is 19.7 Å². The summed E-state index contributed by atoms with van der Waals surface area (Å²) in [6.45, 7) is 4.11. The maximum absolute atomic E-state index is 12.1. The van der Waals surface area contributed by atoms with Crippen LogP contribution in [0.25, 0.3) is 0 Å². The van der Waals surface area contributed by atoms with Crippen LogP contribution in [0.1, 0.15) is 37.3 Å². The van der Waals surface area contributed by atoms with Gasteiger partial charge in [-0.15, -0.1) is 0 Å². The van der Waals surface area contributed by atoms with Crippen molar-refractivity contribution in [1.29, 1.82) is 0 Å². The summed E-state index contributed by atoms with van der Waals surface area (Å²) in [6, 6.07) is 6.35. The van der Waals surface area contributed by atoms with Crippen LogP contribution in [-0.4, -0.2) is 42.6 Å². The van der Waals surface area contributed by atoms with Gasteiger partial charge in [-0.1, -0.05) is 12.1 Å². The molecule has 1 aromatic carbocycles. The fourth-order valence-corrected chi connectivity index (χ4v) is 2.82. The van der Waals surface area contributed by atoms with E-state index in [1.807, 2.05) is 19.1 Å². The van der Waals surface area contributed by atoms with Crippen molar-refractivity contribution in [3.63, 3.8) is 0 Å². The summed E-state index contributed by atoms with van der Waals surface area (Å²) in [4.78, 5) is 25.7. The summed E-state index contributed by atoms with van der Waals surface area (Å²) in [7, 11) is 0. The summed E-state index contributed by atoms with van der Waals surface area (Å²) in [5.74, 6) is 0.945. The number of aryl methyl sites for hydroxylation is 1. The van der Waals surface area contributed by atoms with Crippen molar-refractivity contribution in [3.05, 3.63) is 29.3 Å². The first-order valence-corrected chi connectivity index (χ1v) is 8.72. The Morgan fingerprint density at radius 3 is 2.92 bits per heavy atom. The number of urea groups is 1. The van der Waals surface area contributed by atoms with E-state index in [2.05, 4.69) is 16.7 Å². The van der Waals surface area contributed by atoms with Crippen molar-refractivity contribution >= 4 is 11.9 Å². The number of carbonyl (C=O) groups excluding carboxylic acids is 2. The van der Waals surface area contributed by atoms with Crippen LogP contribution in [0.2, 0.25) is 0 Å². The quantitative estimate of drug-likeness (QED) is 0.865. The van der Waals surface area contributed by atoms with Gasteiger partial charge in [-0.3, -0.25) is 4.79 Å². The highest BCUT2D eigenvalue weighted by molar-refractivity contribution is 5.77. The molecule has 130 valence electrons. The SMILES string of the molecule is CCNC(=O)N1CCOc2ccc(CCC(=O)NC3CC3)cc2C1. The number of benzene rings is 1. The van der Waals surface area contributed by atoms with E-state index in [0.29, 0.717) is 45.1 Å². The molecule has 1 aromatic rings. The van der Waals surface area contributed by atoms with Gasteiger partial charge >= 0.3 is 6.03 Å². The molecule has 0 bridgehead atoms. The molecule has 1 saturated carbocycles. The summed E-state index contributed by atoms with van der Waals surface area (Å²) in [5, 5.41) is 5.84. The van der Waals surface area contributed by atoms with E-state index >= 15 is 0 Å². The van der Waals surface area contributed by atoms with Gasteiger partial charge in [-0.2, -0.15) is 0 Å². The molecular formula is C18H25N3O3. The lowest BCUT2D eigenvalue weighted by atomic mass is 10.0. The average Bonchev–Trinajstić information content (AvgIpc) is 3.38. The van der Waals surface area contributed by atoms with Crippen LogP contribution in [0.4, 0.5) is 4.79 Å². The Labute approximate surface area is 142 Å². The lowest BCUT2D eigenvalue weighted by Gasteiger charge is -2.20. The summed E-state index contributed by atoms with van der Waals surface area (Å²) in [6.07, 6.45) is 3.42. The third kappa shape index (κ3) is 4.40. The Morgan fingerprint density at radius 1 is 1.33 bits per heavy atom. The molecule has 0 saturated heterocycles. The number of nitrogens with one attached hydrogen (secondary N) is 2. The highest BCUT2D eigenvalue weighted by Crippen LogP contribution is 2.25. The molecule has 1 fully saturated rings. The van der Waals surface area contributed by atoms with Gasteiger partial charge in [0.25, 0.3) is 0 Å². The summed E-state index contributed by atoms with van der Waals surface area (Å²) in [5.41, 5.74) is 2.10. The lowest BCUT2D eigenvalue weighted by Crippen LogP contribution is -2.40. The van der Waals surface area contributed by atoms with Crippen LogP contribution in [0.15, 0.2) is 18.2 Å². The zero-order valence-corrected chi connectivity index (χ0v) is 14.1. The smallest absolute Gasteiger partial charge is 0.317 e. The highest BCUT2D eigenvalue weighted by Gasteiger charge is 2.23. The van der Waals surface area contributed by atoms with Crippen molar-refractivity contribution in [2.45, 2.75) is 45.2 Å². The molecule has 24 heavy (non-hydrogen) atoms. The first-order valence-electron chi connectivity index (χ1n) is 8.72. The lowest BCUT2D eigenvalue weighted by molar-refractivity contribution is -0.121. The third-order valence-corrected chi connectivity index (χ3v) is 4.30. The van der Waals surface area contributed by atoms with Crippen molar-refractivity contribution in [3.8, 4) is 5.75 Å². The zero-order valence-electron chi connectivity index (χ0n) is 14.1. The standard InChI is InChI=1S/C18H25N3O3/c1-2-19-18(23)21-9-10-24-16-7-3-13(11-14(16)12-21)4-8-17(22)20-15-5-6-15/h3,7,11,15H,2,4-6,8-10,12H2,1H3,(H,19,23)(H,20,22). The highest BCUT2D eigenvalue weighted by atomic mass is 16.5. The van der Waals surface area contributed by atoms with Crippen molar-refractivity contribution in [2.24, 2.45) is 0 Å². The van der Waals surface area contributed by atoms with Gasteiger partial charge < -0.3 is 20.3 Å². The van der Waals surface area contributed by atoms with E-state index in [-0.39, 0.29) is 11.9 Å². The zero-order chi connectivity index (χ0) is 16.9. The second-order valence-electron chi connectivity index (χ2n) is 6.39. The number of ether oxygens (including phenoxy) is 1. The maximum atomic E-state index is 12.1. The molecule has 3 amide bonds. The molecule has 6 nitrogen and oxygen atoms in total. The molecule has 1 aliphatic carbocycles. The Kier molecular flexibility index (Phi) is 5.23. The predicted octanol–water partition coefficient (Wildman–Crippen LogP) is 1.82. The molecule has 3 rings (SSSR count). The largest absolute Gasteiger partial charge is 0.491 e. The Balaban J connectivity index is 1.62. The molecule has 2 N–H and O–H groups in total. The number of carbonyl (C=O) groups is 2. The number of hydrogen-bond donors (Lipinski definition) is 2. The van der Waals surface area contributed by atoms with E-state index < -0.39 is 0 Å². The minimum atomic E-state index is -0.0665. The van der Waals surface area contributed by atoms with Crippen LogP contribution < -0.4 is 15.4 Å². The fourth-order valence-electron chi connectivity index (χ4n) is 2.82. The number of fused-ring (bicyclic) bond motifs is 1. The van der Waals surface area contributed by atoms with E-state index in [1.165, 1.54) is 0 Å². The van der Waals surface area contributed by atoms with Crippen LogP contribution in [0, 0.1) is 0 Å². The first-order chi connectivity index (χ1) is 11.7. The number of amides is 3. The fraction of sp³-hybridized carbons (Fsp3) is 0.556. The second kappa shape index (κ2) is 7.55. The molecule has 0 spiro atoms. The average molecular weight is 331 g/mol. The minimum absolute atomic E-state index is 0.0665. The van der Waals surface area contributed by atoms with E-state index in [1.54, 1.807) is 4.90 Å². The second-order valence-corrected chi connectivity index (χ2v) is 6.39. The van der Waals surface area contributed by atoms with Crippen molar-refractivity contribution < 1.29 is 14.3 Å². The molecule has 2 aliphatic rings. The molecular weight excluding hydrogens is 306 g/mol. The van der Waals surface area contributed by atoms with Crippen LogP contribution >= 0.6 is 0 Å². The molecule has 0 radical (unpaired) electrons. The first kappa shape index (κ1) is 16.6. The molecule has 0 atom stereocenters. The maximum Gasteiger partial charge on any atom is 0.317 e. The van der Waals surface area contributed by atoms with Gasteiger partial charge in [0.2, 0.25) is 5.91 Å².